The average molecular weight is 190 g/mol. The highest BCUT2D eigenvalue weighted by atomic mass is 19.3. The van der Waals surface area contributed by atoms with Crippen LogP contribution in [0.2, 0.25) is 0 Å². The molecule has 2 aliphatic rings. The average Bonchev–Trinajstić information content (AvgIpc) is 2.52. The molecule has 74 valence electrons. The monoisotopic (exact) mass is 190 g/mol. The van der Waals surface area contributed by atoms with Gasteiger partial charge in [0.1, 0.15) is 6.29 Å². The number of rotatable bonds is 3. The predicted molar refractivity (Wildman–Crippen MR) is 41.6 cm³/mol. The van der Waals surface area contributed by atoms with Crippen molar-refractivity contribution in [3.05, 3.63) is 0 Å². The lowest BCUT2D eigenvalue weighted by molar-refractivity contribution is -0.117. The maximum absolute atomic E-state index is 12.6. The van der Waals surface area contributed by atoms with E-state index in [4.69, 9.17) is 4.74 Å². The topological polar surface area (TPSA) is 26.3 Å². The highest BCUT2D eigenvalue weighted by molar-refractivity contribution is 5.60. The van der Waals surface area contributed by atoms with Gasteiger partial charge in [0.05, 0.1) is 12.0 Å². The third kappa shape index (κ3) is 1.59. The number of carbonyl (C=O) groups is 1. The van der Waals surface area contributed by atoms with Gasteiger partial charge in [0.25, 0.3) is 5.92 Å². The van der Waals surface area contributed by atoms with Crippen molar-refractivity contribution in [1.29, 1.82) is 0 Å². The minimum Gasteiger partial charge on any atom is -0.380 e. The van der Waals surface area contributed by atoms with Gasteiger partial charge in [-0.3, -0.25) is 0 Å². The molecule has 4 heteroatoms. The number of aldehydes is 1. The highest BCUT2D eigenvalue weighted by Gasteiger charge is 2.59. The molecule has 0 spiro atoms. The van der Waals surface area contributed by atoms with Crippen LogP contribution in [0.1, 0.15) is 19.3 Å². The van der Waals surface area contributed by atoms with Crippen LogP contribution in [0.25, 0.3) is 0 Å². The Morgan fingerprint density at radius 3 is 2.62 bits per heavy atom. The zero-order chi connectivity index (χ0) is 9.53. The first kappa shape index (κ1) is 9.06. The van der Waals surface area contributed by atoms with E-state index in [1.54, 1.807) is 0 Å². The van der Waals surface area contributed by atoms with Gasteiger partial charge in [0.2, 0.25) is 0 Å². The largest absolute Gasteiger partial charge is 0.380 e. The van der Waals surface area contributed by atoms with Gasteiger partial charge in [-0.1, -0.05) is 0 Å². The molecule has 2 rings (SSSR count). The molecule has 1 heterocycles. The summed E-state index contributed by atoms with van der Waals surface area (Å²) in [5, 5.41) is 0. The summed E-state index contributed by atoms with van der Waals surface area (Å²) in [6, 6.07) is 0. The molecule has 13 heavy (non-hydrogen) atoms. The van der Waals surface area contributed by atoms with Crippen LogP contribution in [-0.4, -0.2) is 25.4 Å². The molecule has 0 aromatic carbocycles. The first-order valence-electron chi connectivity index (χ1n) is 4.50. The van der Waals surface area contributed by atoms with Crippen LogP contribution in [0.5, 0.6) is 0 Å². The van der Waals surface area contributed by atoms with E-state index in [2.05, 4.69) is 0 Å². The van der Waals surface area contributed by atoms with E-state index in [0.29, 0.717) is 26.1 Å². The molecule has 0 aromatic heterocycles. The minimum absolute atomic E-state index is 0.0530. The second-order valence-electron chi connectivity index (χ2n) is 4.15. The molecule has 1 aliphatic carbocycles. The predicted octanol–water partition coefficient (Wildman–Crippen LogP) is 1.64. The summed E-state index contributed by atoms with van der Waals surface area (Å²) in [6.45, 7) is 0.847. The Bertz CT molecular complexity index is 222. The lowest BCUT2D eigenvalue weighted by Crippen LogP contribution is -2.24. The Hall–Kier alpha value is -0.510. The van der Waals surface area contributed by atoms with E-state index in [0.717, 1.165) is 6.29 Å². The zero-order valence-electron chi connectivity index (χ0n) is 7.26. The molecule has 1 saturated heterocycles. The van der Waals surface area contributed by atoms with Gasteiger partial charge in [-0.2, -0.15) is 0 Å². The van der Waals surface area contributed by atoms with E-state index in [9.17, 15) is 13.6 Å². The number of carbonyl (C=O) groups excluding carboxylic acids is 1. The number of alkyl halides is 2. The summed E-state index contributed by atoms with van der Waals surface area (Å²) in [7, 11) is 0. The van der Waals surface area contributed by atoms with Crippen molar-refractivity contribution in [3.63, 3.8) is 0 Å². The maximum atomic E-state index is 12.6. The lowest BCUT2D eigenvalue weighted by Gasteiger charge is -2.18. The number of halogens is 2. The molecule has 2 nitrogen and oxygen atoms in total. The van der Waals surface area contributed by atoms with Gasteiger partial charge >= 0.3 is 0 Å². The lowest BCUT2D eigenvalue weighted by atomic mass is 9.83. The van der Waals surface area contributed by atoms with Crippen LogP contribution in [0.3, 0.4) is 0 Å². The van der Waals surface area contributed by atoms with Crippen LogP contribution < -0.4 is 0 Å². The van der Waals surface area contributed by atoms with Gasteiger partial charge in [-0.15, -0.1) is 0 Å². The number of hydrogen-bond acceptors (Lipinski definition) is 2. The molecule has 0 amide bonds. The molecule has 0 aromatic rings. The smallest absolute Gasteiger partial charge is 0.251 e. The van der Waals surface area contributed by atoms with Crippen LogP contribution in [0, 0.1) is 11.3 Å². The Labute approximate surface area is 75.3 Å². The summed E-state index contributed by atoms with van der Waals surface area (Å²) in [4.78, 5) is 10.8. The maximum Gasteiger partial charge on any atom is 0.251 e. The van der Waals surface area contributed by atoms with Crippen LogP contribution in [-0.2, 0) is 9.53 Å². The van der Waals surface area contributed by atoms with E-state index < -0.39 is 17.3 Å². The van der Waals surface area contributed by atoms with Crippen molar-refractivity contribution >= 4 is 6.29 Å². The first-order chi connectivity index (χ1) is 6.08. The fourth-order valence-corrected chi connectivity index (χ4v) is 1.91. The van der Waals surface area contributed by atoms with Crippen molar-refractivity contribution in [3.8, 4) is 0 Å². The van der Waals surface area contributed by atoms with Gasteiger partial charge in [-0.25, -0.2) is 8.78 Å². The normalized spacial score (nSPS) is 41.8. The standard InChI is InChI=1S/C9H12F2O2/c10-9(11)4-7(9)3-8(5-12)1-2-13-6-8/h5,7H,1-4,6H2. The molecule has 1 aliphatic heterocycles. The van der Waals surface area contributed by atoms with E-state index in [1.165, 1.54) is 0 Å². The molecular weight excluding hydrogens is 178 g/mol. The fourth-order valence-electron chi connectivity index (χ4n) is 1.91. The molecular formula is C9H12F2O2. The van der Waals surface area contributed by atoms with Crippen molar-refractivity contribution < 1.29 is 18.3 Å². The third-order valence-corrected chi connectivity index (χ3v) is 2.99. The third-order valence-electron chi connectivity index (χ3n) is 2.99. The van der Waals surface area contributed by atoms with Gasteiger partial charge in [0.15, 0.2) is 0 Å². The van der Waals surface area contributed by atoms with E-state index in [-0.39, 0.29) is 6.42 Å². The van der Waals surface area contributed by atoms with E-state index >= 15 is 0 Å². The SMILES string of the molecule is O=CC1(CC2CC2(F)F)CCOC1. The molecule has 0 radical (unpaired) electrons. The Morgan fingerprint density at radius 2 is 2.23 bits per heavy atom. The van der Waals surface area contributed by atoms with Crippen LogP contribution >= 0.6 is 0 Å². The van der Waals surface area contributed by atoms with Gasteiger partial charge < -0.3 is 9.53 Å². The van der Waals surface area contributed by atoms with Crippen molar-refractivity contribution in [1.82, 2.24) is 0 Å². The molecule has 2 atom stereocenters. The molecule has 1 saturated carbocycles. The summed E-state index contributed by atoms with van der Waals surface area (Å²) in [5.41, 5.74) is -0.607. The quantitative estimate of drug-likeness (QED) is 0.632. The van der Waals surface area contributed by atoms with E-state index in [1.807, 2.05) is 0 Å². The van der Waals surface area contributed by atoms with Crippen molar-refractivity contribution in [2.45, 2.75) is 25.2 Å². The molecule has 2 unspecified atom stereocenters. The molecule has 0 N–H and O–H groups in total. The van der Waals surface area contributed by atoms with Gasteiger partial charge in [-0.05, 0) is 12.8 Å². The minimum atomic E-state index is -2.52. The summed E-state index contributed by atoms with van der Waals surface area (Å²) in [5.74, 6) is -3.10. The second kappa shape index (κ2) is 2.74. The molecule has 2 fully saturated rings. The Morgan fingerprint density at radius 1 is 1.54 bits per heavy atom. The number of hydrogen-bond donors (Lipinski definition) is 0. The fraction of sp³-hybridized carbons (Fsp3) is 0.889. The Kier molecular flexibility index (Phi) is 1.91. The van der Waals surface area contributed by atoms with Crippen molar-refractivity contribution in [2.75, 3.05) is 13.2 Å². The zero-order valence-corrected chi connectivity index (χ0v) is 7.26. The van der Waals surface area contributed by atoms with Crippen molar-refractivity contribution in [2.24, 2.45) is 11.3 Å². The summed E-state index contributed by atoms with van der Waals surface area (Å²) in [6.07, 6.45) is 1.64. The summed E-state index contributed by atoms with van der Waals surface area (Å²) >= 11 is 0. The second-order valence-corrected chi connectivity index (χ2v) is 4.15. The van der Waals surface area contributed by atoms with Crippen LogP contribution in [0.4, 0.5) is 8.78 Å². The highest BCUT2D eigenvalue weighted by Crippen LogP contribution is 2.54. The van der Waals surface area contributed by atoms with Crippen LogP contribution in [0.15, 0.2) is 0 Å². The molecule has 0 bridgehead atoms. The number of ether oxygens (including phenoxy) is 1. The summed E-state index contributed by atoms with van der Waals surface area (Å²) < 4.78 is 30.3. The van der Waals surface area contributed by atoms with Gasteiger partial charge in [0, 0.05) is 18.9 Å². The Balaban J connectivity index is 1.95. The first-order valence-corrected chi connectivity index (χ1v) is 4.50.